The zero-order valence-electron chi connectivity index (χ0n) is 8.66. The smallest absolute Gasteiger partial charge is 0.303 e. The fraction of sp³-hybridized carbons (Fsp3) is 0.300. The van der Waals surface area contributed by atoms with Crippen molar-refractivity contribution in [2.45, 2.75) is 18.8 Å². The van der Waals surface area contributed by atoms with E-state index in [0.717, 1.165) is 0 Å². The van der Waals surface area contributed by atoms with Crippen LogP contribution in [0.25, 0.3) is 0 Å². The highest BCUT2D eigenvalue weighted by Gasteiger charge is 2.22. The molecule has 0 bridgehead atoms. The number of hydrogen-bond donors (Lipinski definition) is 1. The maximum atomic E-state index is 10.9. The van der Waals surface area contributed by atoms with Gasteiger partial charge in [0, 0.05) is 5.56 Å². The van der Waals surface area contributed by atoms with Gasteiger partial charge in [0.05, 0.1) is 0 Å². The topological polar surface area (TPSA) is 80.7 Å². The van der Waals surface area contributed by atoms with Crippen LogP contribution >= 0.6 is 0 Å². The van der Waals surface area contributed by atoms with E-state index in [9.17, 15) is 13.2 Å². The van der Waals surface area contributed by atoms with Crippen molar-refractivity contribution >= 4 is 16.4 Å². The molecule has 1 rings (SSSR count). The first-order valence-electron chi connectivity index (χ1n) is 4.65. The van der Waals surface area contributed by atoms with E-state index in [1.165, 1.54) is 24.3 Å². The highest BCUT2D eigenvalue weighted by molar-refractivity contribution is 7.86. The van der Waals surface area contributed by atoms with Crippen molar-refractivity contribution in [3.63, 3.8) is 0 Å². The van der Waals surface area contributed by atoms with Crippen LogP contribution in [0, 0.1) is 0 Å². The Morgan fingerprint density at radius 2 is 1.94 bits per heavy atom. The Hall–Kier alpha value is -1.40. The second kappa shape index (κ2) is 5.09. The normalized spacial score (nSPS) is 13.1. The summed E-state index contributed by atoms with van der Waals surface area (Å²) in [5.74, 6) is 0.287. The Morgan fingerprint density at radius 1 is 1.38 bits per heavy atom. The molecular formula is C10H12O5S. The molecule has 0 heterocycles. The van der Waals surface area contributed by atoms with Gasteiger partial charge in [-0.1, -0.05) is 6.92 Å². The lowest BCUT2D eigenvalue weighted by atomic mass is 10.2. The molecule has 1 aromatic carbocycles. The minimum Gasteiger partial charge on any atom is -0.472 e. The third-order valence-electron chi connectivity index (χ3n) is 1.95. The molecule has 88 valence electrons. The molecule has 1 atom stereocenters. The molecule has 0 amide bonds. The van der Waals surface area contributed by atoms with Crippen molar-refractivity contribution in [2.75, 3.05) is 0 Å². The average molecular weight is 244 g/mol. The number of ether oxygens (including phenoxy) is 1. The van der Waals surface area contributed by atoms with Crippen molar-refractivity contribution in [1.29, 1.82) is 0 Å². The summed E-state index contributed by atoms with van der Waals surface area (Å²) in [5.41, 5.74) is -0.818. The number of carbonyl (C=O) groups excluding carboxylic acids is 1. The third-order valence-corrected chi connectivity index (χ3v) is 3.04. The van der Waals surface area contributed by atoms with Gasteiger partial charge in [0.2, 0.25) is 5.44 Å². The predicted molar refractivity (Wildman–Crippen MR) is 58.1 cm³/mol. The average Bonchev–Trinajstić information content (AvgIpc) is 2.25. The highest BCUT2D eigenvalue weighted by atomic mass is 32.2. The fourth-order valence-electron chi connectivity index (χ4n) is 1.13. The van der Waals surface area contributed by atoms with Gasteiger partial charge in [-0.15, -0.1) is 0 Å². The summed E-state index contributed by atoms with van der Waals surface area (Å²) in [4.78, 5) is 10.4. The standard InChI is InChI=1S/C10H12O5S/c1-2-10(16(12,13)14)15-9-5-3-8(7-11)4-6-9/h3-7,10H,2H2,1H3,(H,12,13,14). The molecule has 0 aromatic heterocycles. The van der Waals surface area contributed by atoms with Crippen molar-refractivity contribution in [2.24, 2.45) is 0 Å². The molecule has 0 fully saturated rings. The first-order valence-corrected chi connectivity index (χ1v) is 6.16. The van der Waals surface area contributed by atoms with Crippen LogP contribution in [0.15, 0.2) is 24.3 Å². The molecule has 0 aliphatic rings. The number of aldehydes is 1. The Labute approximate surface area is 93.8 Å². The quantitative estimate of drug-likeness (QED) is 0.627. The Morgan fingerprint density at radius 3 is 2.31 bits per heavy atom. The summed E-state index contributed by atoms with van der Waals surface area (Å²) in [6.45, 7) is 1.58. The first kappa shape index (κ1) is 12.7. The summed E-state index contributed by atoms with van der Waals surface area (Å²) < 4.78 is 35.6. The largest absolute Gasteiger partial charge is 0.472 e. The molecule has 1 aromatic rings. The van der Waals surface area contributed by atoms with Gasteiger partial charge in [0.25, 0.3) is 0 Å². The van der Waals surface area contributed by atoms with Gasteiger partial charge in [-0.3, -0.25) is 9.35 Å². The van der Waals surface area contributed by atoms with Gasteiger partial charge >= 0.3 is 10.1 Å². The van der Waals surface area contributed by atoms with Crippen molar-refractivity contribution in [3.05, 3.63) is 29.8 Å². The molecular weight excluding hydrogens is 232 g/mol. The SMILES string of the molecule is CCC(Oc1ccc(C=O)cc1)S(=O)(=O)O. The molecule has 0 aliphatic heterocycles. The fourth-order valence-corrected chi connectivity index (χ4v) is 1.79. The molecule has 0 aliphatic carbocycles. The molecule has 1 N–H and O–H groups in total. The van der Waals surface area contributed by atoms with Crippen LogP contribution in [-0.4, -0.2) is 24.7 Å². The van der Waals surface area contributed by atoms with Crippen LogP contribution in [0.3, 0.4) is 0 Å². The van der Waals surface area contributed by atoms with Crippen molar-refractivity contribution < 1.29 is 22.5 Å². The minimum absolute atomic E-state index is 0.133. The van der Waals surface area contributed by atoms with Gasteiger partial charge in [0.1, 0.15) is 12.0 Å². The summed E-state index contributed by atoms with van der Waals surface area (Å²) >= 11 is 0. The molecule has 16 heavy (non-hydrogen) atoms. The highest BCUT2D eigenvalue weighted by Crippen LogP contribution is 2.16. The van der Waals surface area contributed by atoms with Gasteiger partial charge in [-0.05, 0) is 30.7 Å². The Balaban J connectivity index is 2.83. The van der Waals surface area contributed by atoms with Crippen LogP contribution in [0.2, 0.25) is 0 Å². The monoisotopic (exact) mass is 244 g/mol. The summed E-state index contributed by atoms with van der Waals surface area (Å²) in [6, 6.07) is 5.94. The summed E-state index contributed by atoms with van der Waals surface area (Å²) in [6.07, 6.45) is 0.804. The molecule has 5 nitrogen and oxygen atoms in total. The van der Waals surface area contributed by atoms with Crippen LogP contribution in [0.5, 0.6) is 5.75 Å². The maximum absolute atomic E-state index is 10.9. The lowest BCUT2D eigenvalue weighted by Gasteiger charge is -2.14. The van der Waals surface area contributed by atoms with Gasteiger partial charge < -0.3 is 4.74 Å². The molecule has 6 heteroatoms. The summed E-state index contributed by atoms with van der Waals surface area (Å²) in [7, 11) is -4.22. The van der Waals surface area contributed by atoms with Gasteiger partial charge in [0.15, 0.2) is 0 Å². The maximum Gasteiger partial charge on any atom is 0.303 e. The van der Waals surface area contributed by atoms with Crippen LogP contribution in [-0.2, 0) is 10.1 Å². The van der Waals surface area contributed by atoms with E-state index in [0.29, 0.717) is 11.8 Å². The first-order chi connectivity index (χ1) is 7.47. The molecule has 0 saturated heterocycles. The third kappa shape index (κ3) is 3.32. The number of benzene rings is 1. The molecule has 0 radical (unpaired) electrons. The van der Waals surface area contributed by atoms with Crippen LogP contribution < -0.4 is 4.74 Å². The Kier molecular flexibility index (Phi) is 4.03. The minimum atomic E-state index is -4.22. The number of hydrogen-bond acceptors (Lipinski definition) is 4. The zero-order chi connectivity index (χ0) is 12.2. The lowest BCUT2D eigenvalue weighted by molar-refractivity contribution is 0.112. The van der Waals surface area contributed by atoms with Gasteiger partial charge in [-0.25, -0.2) is 0 Å². The molecule has 1 unspecified atom stereocenters. The van der Waals surface area contributed by atoms with Crippen molar-refractivity contribution in [3.8, 4) is 5.75 Å². The predicted octanol–water partition coefficient (Wildman–Crippen LogP) is 1.50. The second-order valence-corrected chi connectivity index (χ2v) is 4.71. The summed E-state index contributed by atoms with van der Waals surface area (Å²) in [5, 5.41) is 0. The Bertz CT molecular complexity index is 449. The molecule has 0 spiro atoms. The van der Waals surface area contributed by atoms with Crippen LogP contribution in [0.4, 0.5) is 0 Å². The van der Waals surface area contributed by atoms with E-state index < -0.39 is 15.6 Å². The lowest BCUT2D eigenvalue weighted by Crippen LogP contribution is -2.25. The zero-order valence-corrected chi connectivity index (χ0v) is 9.48. The molecule has 0 saturated carbocycles. The van der Waals surface area contributed by atoms with Crippen molar-refractivity contribution in [1.82, 2.24) is 0 Å². The number of rotatable bonds is 5. The van der Waals surface area contributed by atoms with Crippen LogP contribution in [0.1, 0.15) is 23.7 Å². The van der Waals surface area contributed by atoms with E-state index in [2.05, 4.69) is 0 Å². The van der Waals surface area contributed by atoms with E-state index in [4.69, 9.17) is 9.29 Å². The van der Waals surface area contributed by atoms with Gasteiger partial charge in [-0.2, -0.15) is 8.42 Å². The van der Waals surface area contributed by atoms with E-state index in [1.54, 1.807) is 6.92 Å². The number of carbonyl (C=O) groups is 1. The second-order valence-electron chi connectivity index (χ2n) is 3.16. The van der Waals surface area contributed by atoms with E-state index >= 15 is 0 Å². The van der Waals surface area contributed by atoms with E-state index in [-0.39, 0.29) is 12.2 Å². The van der Waals surface area contributed by atoms with E-state index in [1.807, 2.05) is 0 Å².